The standard InChI is InChI=1S/C16H15N3O4S/c1-2-14-18-15(23-19-14)8-22-16(20)11-4-3-5-13(6-11)21-7-12-9-24-10-17-12/h3-6,9-10H,2,7-8H2,1H3. The van der Waals surface area contributed by atoms with Crippen LogP contribution >= 0.6 is 11.3 Å². The van der Waals surface area contributed by atoms with Crippen LogP contribution in [0, 0.1) is 0 Å². The summed E-state index contributed by atoms with van der Waals surface area (Å²) in [5.41, 5.74) is 2.98. The molecular formula is C16H15N3O4S. The summed E-state index contributed by atoms with van der Waals surface area (Å²) in [7, 11) is 0. The van der Waals surface area contributed by atoms with Gasteiger partial charge in [-0.25, -0.2) is 9.78 Å². The average Bonchev–Trinajstić information content (AvgIpc) is 3.29. The molecule has 0 amide bonds. The highest BCUT2D eigenvalue weighted by molar-refractivity contribution is 7.07. The third kappa shape index (κ3) is 4.17. The summed E-state index contributed by atoms with van der Waals surface area (Å²) in [5.74, 6) is 0.948. The monoisotopic (exact) mass is 345 g/mol. The Bertz CT molecular complexity index is 801. The molecule has 0 aliphatic rings. The van der Waals surface area contributed by atoms with Gasteiger partial charge in [-0.3, -0.25) is 0 Å². The minimum Gasteiger partial charge on any atom is -0.487 e. The van der Waals surface area contributed by atoms with E-state index in [0.717, 1.165) is 5.69 Å². The van der Waals surface area contributed by atoms with Gasteiger partial charge in [-0.2, -0.15) is 4.98 Å². The van der Waals surface area contributed by atoms with Crippen molar-refractivity contribution in [1.82, 2.24) is 15.1 Å². The van der Waals surface area contributed by atoms with E-state index in [-0.39, 0.29) is 12.5 Å². The lowest BCUT2D eigenvalue weighted by Gasteiger charge is -2.06. The van der Waals surface area contributed by atoms with Crippen LogP contribution in [0.15, 0.2) is 39.7 Å². The van der Waals surface area contributed by atoms with Gasteiger partial charge in [0.1, 0.15) is 12.4 Å². The Morgan fingerprint density at radius 2 is 2.25 bits per heavy atom. The average molecular weight is 345 g/mol. The summed E-state index contributed by atoms with van der Waals surface area (Å²) >= 11 is 1.51. The molecule has 0 bridgehead atoms. The van der Waals surface area contributed by atoms with E-state index in [1.54, 1.807) is 29.8 Å². The molecule has 1 aromatic carbocycles. The Balaban J connectivity index is 1.57. The van der Waals surface area contributed by atoms with E-state index in [1.165, 1.54) is 11.3 Å². The lowest BCUT2D eigenvalue weighted by Crippen LogP contribution is -2.06. The summed E-state index contributed by atoms with van der Waals surface area (Å²) in [5, 5.41) is 5.66. The van der Waals surface area contributed by atoms with Gasteiger partial charge in [0.2, 0.25) is 0 Å². The second-order valence-corrected chi connectivity index (χ2v) is 5.55. The molecule has 3 aromatic rings. The maximum Gasteiger partial charge on any atom is 0.338 e. The number of esters is 1. The van der Waals surface area contributed by atoms with Crippen molar-refractivity contribution in [2.45, 2.75) is 26.6 Å². The van der Waals surface area contributed by atoms with Crippen LogP contribution in [0.2, 0.25) is 0 Å². The van der Waals surface area contributed by atoms with Crippen LogP contribution in [-0.2, 0) is 24.4 Å². The van der Waals surface area contributed by atoms with Crippen LogP contribution in [0.3, 0.4) is 0 Å². The van der Waals surface area contributed by atoms with E-state index in [0.29, 0.717) is 30.2 Å². The quantitative estimate of drug-likeness (QED) is 0.608. The molecule has 0 N–H and O–H groups in total. The van der Waals surface area contributed by atoms with Crippen molar-refractivity contribution in [3.63, 3.8) is 0 Å². The first-order valence-corrected chi connectivity index (χ1v) is 8.27. The summed E-state index contributed by atoms with van der Waals surface area (Å²) in [6.07, 6.45) is 0.663. The van der Waals surface area contributed by atoms with Gasteiger partial charge in [-0.05, 0) is 18.2 Å². The normalized spacial score (nSPS) is 10.5. The molecule has 8 heteroatoms. The number of rotatable bonds is 7. The number of benzene rings is 1. The third-order valence-corrected chi connectivity index (χ3v) is 3.73. The molecule has 0 saturated carbocycles. The Kier molecular flexibility index (Phi) is 5.17. The molecule has 0 saturated heterocycles. The molecule has 2 aromatic heterocycles. The summed E-state index contributed by atoms with van der Waals surface area (Å²) < 4.78 is 15.8. The third-order valence-electron chi connectivity index (χ3n) is 3.09. The zero-order valence-electron chi connectivity index (χ0n) is 13.0. The highest BCUT2D eigenvalue weighted by Crippen LogP contribution is 2.16. The number of carbonyl (C=O) groups excluding carboxylic acids is 1. The van der Waals surface area contributed by atoms with Crippen LogP contribution < -0.4 is 4.74 Å². The van der Waals surface area contributed by atoms with E-state index in [2.05, 4.69) is 15.1 Å². The fourth-order valence-electron chi connectivity index (χ4n) is 1.88. The molecule has 0 aliphatic carbocycles. The number of carbonyl (C=O) groups is 1. The largest absolute Gasteiger partial charge is 0.487 e. The molecule has 7 nitrogen and oxygen atoms in total. The van der Waals surface area contributed by atoms with Crippen molar-refractivity contribution in [3.05, 3.63) is 58.1 Å². The first-order chi connectivity index (χ1) is 11.7. The van der Waals surface area contributed by atoms with Gasteiger partial charge >= 0.3 is 5.97 Å². The van der Waals surface area contributed by atoms with Crippen molar-refractivity contribution >= 4 is 17.3 Å². The first kappa shape index (κ1) is 16.1. The molecule has 0 spiro atoms. The van der Waals surface area contributed by atoms with Gasteiger partial charge in [0.15, 0.2) is 12.4 Å². The molecule has 0 fully saturated rings. The van der Waals surface area contributed by atoms with Crippen molar-refractivity contribution in [2.75, 3.05) is 0 Å². The summed E-state index contributed by atoms with van der Waals surface area (Å²) in [6.45, 7) is 2.21. The maximum absolute atomic E-state index is 12.1. The molecule has 2 heterocycles. The second-order valence-electron chi connectivity index (χ2n) is 4.83. The van der Waals surface area contributed by atoms with Crippen molar-refractivity contribution < 1.29 is 18.8 Å². The van der Waals surface area contributed by atoms with Gasteiger partial charge in [0.25, 0.3) is 5.89 Å². The highest BCUT2D eigenvalue weighted by atomic mass is 32.1. The zero-order valence-corrected chi connectivity index (χ0v) is 13.8. The topological polar surface area (TPSA) is 87.3 Å². The van der Waals surface area contributed by atoms with Gasteiger partial charge in [0.05, 0.1) is 16.8 Å². The van der Waals surface area contributed by atoms with Gasteiger partial charge < -0.3 is 14.0 Å². The van der Waals surface area contributed by atoms with Crippen molar-refractivity contribution in [1.29, 1.82) is 0 Å². The van der Waals surface area contributed by atoms with Gasteiger partial charge in [-0.1, -0.05) is 18.1 Å². The Morgan fingerprint density at radius 3 is 3.00 bits per heavy atom. The molecule has 0 aliphatic heterocycles. The number of ether oxygens (including phenoxy) is 2. The summed E-state index contributed by atoms with van der Waals surface area (Å²) in [6, 6.07) is 6.78. The highest BCUT2D eigenvalue weighted by Gasteiger charge is 2.12. The molecular weight excluding hydrogens is 330 g/mol. The van der Waals surface area contributed by atoms with E-state index >= 15 is 0 Å². The lowest BCUT2D eigenvalue weighted by atomic mass is 10.2. The predicted molar refractivity (Wildman–Crippen MR) is 85.7 cm³/mol. The Hall–Kier alpha value is -2.74. The Morgan fingerprint density at radius 1 is 1.33 bits per heavy atom. The first-order valence-electron chi connectivity index (χ1n) is 7.33. The predicted octanol–water partition coefficient (Wildman–Crippen LogP) is 3.02. The number of hydrogen-bond donors (Lipinski definition) is 0. The van der Waals surface area contributed by atoms with Gasteiger partial charge in [0, 0.05) is 11.8 Å². The Labute approximate surface area is 142 Å². The minimum absolute atomic E-state index is 0.0598. The van der Waals surface area contributed by atoms with Gasteiger partial charge in [-0.15, -0.1) is 11.3 Å². The van der Waals surface area contributed by atoms with Crippen molar-refractivity contribution in [2.24, 2.45) is 0 Å². The molecule has 24 heavy (non-hydrogen) atoms. The molecule has 0 unspecified atom stereocenters. The van der Waals surface area contributed by atoms with Crippen molar-refractivity contribution in [3.8, 4) is 5.75 Å². The van der Waals surface area contributed by atoms with Crippen LogP contribution in [0.25, 0.3) is 0 Å². The van der Waals surface area contributed by atoms with Crippen LogP contribution in [-0.4, -0.2) is 21.1 Å². The number of hydrogen-bond acceptors (Lipinski definition) is 8. The van der Waals surface area contributed by atoms with E-state index in [4.69, 9.17) is 14.0 Å². The summed E-state index contributed by atoms with van der Waals surface area (Å²) in [4.78, 5) is 20.3. The number of aromatic nitrogens is 3. The molecule has 124 valence electrons. The molecule has 0 radical (unpaired) electrons. The molecule has 0 atom stereocenters. The number of aryl methyl sites for hydroxylation is 1. The number of nitrogens with zero attached hydrogens (tertiary/aromatic N) is 3. The zero-order chi connectivity index (χ0) is 16.8. The van der Waals surface area contributed by atoms with E-state index in [1.807, 2.05) is 12.3 Å². The van der Waals surface area contributed by atoms with Crippen LogP contribution in [0.1, 0.15) is 34.7 Å². The molecule has 3 rings (SSSR count). The number of thiazole rings is 1. The fraction of sp³-hybridized carbons (Fsp3) is 0.250. The van der Waals surface area contributed by atoms with Crippen LogP contribution in [0.4, 0.5) is 0 Å². The fourth-order valence-corrected chi connectivity index (χ4v) is 2.43. The van der Waals surface area contributed by atoms with E-state index < -0.39 is 5.97 Å². The van der Waals surface area contributed by atoms with E-state index in [9.17, 15) is 4.79 Å². The smallest absolute Gasteiger partial charge is 0.338 e. The maximum atomic E-state index is 12.1. The van der Waals surface area contributed by atoms with Crippen LogP contribution in [0.5, 0.6) is 5.75 Å². The lowest BCUT2D eigenvalue weighted by molar-refractivity contribution is 0.0429. The second kappa shape index (κ2) is 7.69. The SMILES string of the molecule is CCc1noc(COC(=O)c2cccc(OCc3cscn3)c2)n1. The minimum atomic E-state index is -0.481.